The molecule has 0 aliphatic heterocycles. The van der Waals surface area contributed by atoms with Gasteiger partial charge in [-0.25, -0.2) is 0 Å². The normalized spacial score (nSPS) is 12.9. The molecule has 26 heavy (non-hydrogen) atoms. The fraction of sp³-hybridized carbons (Fsp3) is 0.333. The van der Waals surface area contributed by atoms with Crippen molar-refractivity contribution in [3.8, 4) is 0 Å². The van der Waals surface area contributed by atoms with E-state index in [1.807, 2.05) is 55.5 Å². The molecule has 0 saturated heterocycles. The van der Waals surface area contributed by atoms with Crippen LogP contribution >= 0.6 is 11.6 Å². The first kappa shape index (κ1) is 20.0. The van der Waals surface area contributed by atoms with Crippen molar-refractivity contribution in [1.82, 2.24) is 5.32 Å². The van der Waals surface area contributed by atoms with E-state index in [0.29, 0.717) is 23.6 Å². The molecule has 0 aliphatic rings. The van der Waals surface area contributed by atoms with Gasteiger partial charge in [-0.1, -0.05) is 67.1 Å². The first-order valence-electron chi connectivity index (χ1n) is 8.82. The van der Waals surface area contributed by atoms with Gasteiger partial charge in [0.2, 0.25) is 5.91 Å². The van der Waals surface area contributed by atoms with Gasteiger partial charge in [-0.3, -0.25) is 9.59 Å². The molecule has 4 nitrogen and oxygen atoms in total. The lowest BCUT2D eigenvalue weighted by Gasteiger charge is -2.23. The predicted octanol–water partition coefficient (Wildman–Crippen LogP) is 4.64. The maximum absolute atomic E-state index is 12.9. The fourth-order valence-electron chi connectivity index (χ4n) is 2.91. The second-order valence-corrected chi connectivity index (χ2v) is 6.37. The summed E-state index contributed by atoms with van der Waals surface area (Å²) in [6.07, 6.45) is 0.693. The number of rotatable bonds is 8. The Hall–Kier alpha value is -2.33. The van der Waals surface area contributed by atoms with Crippen LogP contribution in [0.4, 0.5) is 0 Å². The first-order valence-corrected chi connectivity index (χ1v) is 9.19. The zero-order chi connectivity index (χ0) is 18.9. The van der Waals surface area contributed by atoms with E-state index in [1.165, 1.54) is 0 Å². The van der Waals surface area contributed by atoms with Crippen molar-refractivity contribution in [2.24, 2.45) is 0 Å². The minimum Gasteiger partial charge on any atom is -0.466 e. The number of halogens is 1. The smallest absolute Gasteiger partial charge is 0.308 e. The lowest BCUT2D eigenvalue weighted by atomic mass is 9.94. The molecule has 2 rings (SSSR count). The van der Waals surface area contributed by atoms with E-state index >= 15 is 0 Å². The van der Waals surface area contributed by atoms with E-state index in [-0.39, 0.29) is 24.2 Å². The van der Waals surface area contributed by atoms with Crippen LogP contribution in [0.15, 0.2) is 54.6 Å². The number of carbonyl (C=O) groups is 2. The minimum atomic E-state index is -0.534. The standard InChI is InChI=1S/C21H24ClNO3/c1-3-16(15-10-6-5-7-11-15)21(25)23-19(14-20(24)26-4-2)17-12-8-9-13-18(17)22/h5-13,16,19H,3-4,14H2,1-2H3,(H,23,25)/t16-,19+/m1/s1. The first-order chi connectivity index (χ1) is 12.6. The predicted molar refractivity (Wildman–Crippen MR) is 103 cm³/mol. The molecule has 0 fully saturated rings. The number of amides is 1. The highest BCUT2D eigenvalue weighted by atomic mass is 35.5. The van der Waals surface area contributed by atoms with E-state index in [9.17, 15) is 9.59 Å². The number of carbonyl (C=O) groups excluding carboxylic acids is 2. The van der Waals surface area contributed by atoms with E-state index in [2.05, 4.69) is 5.32 Å². The number of hydrogen-bond acceptors (Lipinski definition) is 3. The zero-order valence-corrected chi connectivity index (χ0v) is 15.8. The molecule has 2 aromatic rings. The van der Waals surface area contributed by atoms with Gasteiger partial charge in [-0.05, 0) is 30.5 Å². The summed E-state index contributed by atoms with van der Waals surface area (Å²) in [5.74, 6) is -0.790. The highest BCUT2D eigenvalue weighted by Gasteiger charge is 2.25. The molecule has 2 atom stereocenters. The van der Waals surface area contributed by atoms with Gasteiger partial charge in [0.05, 0.1) is 25.0 Å². The Morgan fingerprint density at radius 3 is 2.31 bits per heavy atom. The lowest BCUT2D eigenvalue weighted by molar-refractivity contribution is -0.143. The van der Waals surface area contributed by atoms with Crippen LogP contribution in [0.5, 0.6) is 0 Å². The molecule has 1 N–H and O–H groups in total. The molecule has 0 heterocycles. The molecule has 1 amide bonds. The van der Waals surface area contributed by atoms with Crippen LogP contribution in [0.1, 0.15) is 49.8 Å². The van der Waals surface area contributed by atoms with Crippen molar-refractivity contribution in [2.45, 2.75) is 38.6 Å². The third kappa shape index (κ3) is 5.33. The molecule has 0 spiro atoms. The Bertz CT molecular complexity index is 733. The second kappa shape index (κ2) is 9.97. The van der Waals surface area contributed by atoms with Crippen LogP contribution in [0.2, 0.25) is 5.02 Å². The Morgan fingerprint density at radius 2 is 1.69 bits per heavy atom. The summed E-state index contributed by atoms with van der Waals surface area (Å²) in [6, 6.07) is 16.3. The number of benzene rings is 2. The molecule has 0 aromatic heterocycles. The number of ether oxygens (including phenoxy) is 1. The van der Waals surface area contributed by atoms with Crippen molar-refractivity contribution >= 4 is 23.5 Å². The summed E-state index contributed by atoms with van der Waals surface area (Å²) < 4.78 is 5.05. The molecule has 0 radical (unpaired) electrons. The summed E-state index contributed by atoms with van der Waals surface area (Å²) in [5.41, 5.74) is 1.65. The Labute approximate surface area is 159 Å². The summed E-state index contributed by atoms with van der Waals surface area (Å²) in [6.45, 7) is 4.01. The summed E-state index contributed by atoms with van der Waals surface area (Å²) in [7, 11) is 0. The summed E-state index contributed by atoms with van der Waals surface area (Å²) in [4.78, 5) is 24.9. The van der Waals surface area contributed by atoms with Gasteiger partial charge < -0.3 is 10.1 Å². The van der Waals surface area contributed by atoms with E-state index in [0.717, 1.165) is 5.56 Å². The molecule has 2 aromatic carbocycles. The average Bonchev–Trinajstić information content (AvgIpc) is 2.63. The monoisotopic (exact) mass is 373 g/mol. The van der Waals surface area contributed by atoms with Crippen molar-refractivity contribution in [3.63, 3.8) is 0 Å². The van der Waals surface area contributed by atoms with Crippen molar-refractivity contribution in [1.29, 1.82) is 0 Å². The molecule has 0 saturated carbocycles. The number of nitrogens with one attached hydrogen (secondary N) is 1. The number of esters is 1. The second-order valence-electron chi connectivity index (χ2n) is 5.96. The van der Waals surface area contributed by atoms with Crippen LogP contribution in [-0.2, 0) is 14.3 Å². The Balaban J connectivity index is 2.23. The SMILES string of the molecule is CCOC(=O)C[C@H](NC(=O)[C@H](CC)c1ccccc1)c1ccccc1Cl. The molecule has 0 aliphatic carbocycles. The minimum absolute atomic E-state index is 0.0362. The van der Waals surface area contributed by atoms with Gasteiger partial charge in [0.15, 0.2) is 0 Å². The molecule has 5 heteroatoms. The van der Waals surface area contributed by atoms with Crippen LogP contribution in [0.3, 0.4) is 0 Å². The summed E-state index contributed by atoms with van der Waals surface area (Å²) in [5, 5.41) is 3.50. The third-order valence-corrected chi connectivity index (χ3v) is 4.54. The van der Waals surface area contributed by atoms with Crippen molar-refractivity contribution in [2.75, 3.05) is 6.61 Å². The van der Waals surface area contributed by atoms with Gasteiger partial charge in [0.1, 0.15) is 0 Å². The van der Waals surface area contributed by atoms with E-state index in [1.54, 1.807) is 13.0 Å². The molecule has 138 valence electrons. The zero-order valence-electron chi connectivity index (χ0n) is 15.1. The van der Waals surface area contributed by atoms with Crippen molar-refractivity contribution < 1.29 is 14.3 Å². The maximum atomic E-state index is 12.9. The molecular formula is C21H24ClNO3. The lowest BCUT2D eigenvalue weighted by Crippen LogP contribution is -2.34. The van der Waals surface area contributed by atoms with Crippen LogP contribution in [0.25, 0.3) is 0 Å². The van der Waals surface area contributed by atoms with Gasteiger partial charge in [-0.15, -0.1) is 0 Å². The topological polar surface area (TPSA) is 55.4 Å². The highest BCUT2D eigenvalue weighted by molar-refractivity contribution is 6.31. The van der Waals surface area contributed by atoms with Crippen LogP contribution in [0, 0.1) is 0 Å². The van der Waals surface area contributed by atoms with Gasteiger partial charge >= 0.3 is 5.97 Å². The van der Waals surface area contributed by atoms with Gasteiger partial charge in [0.25, 0.3) is 0 Å². The quantitative estimate of drug-likeness (QED) is 0.685. The van der Waals surface area contributed by atoms with E-state index in [4.69, 9.17) is 16.3 Å². The van der Waals surface area contributed by atoms with E-state index < -0.39 is 6.04 Å². The van der Waals surface area contributed by atoms with Gasteiger partial charge in [-0.2, -0.15) is 0 Å². The number of hydrogen-bond donors (Lipinski definition) is 1. The largest absolute Gasteiger partial charge is 0.466 e. The fourth-order valence-corrected chi connectivity index (χ4v) is 3.18. The molecule has 0 unspecified atom stereocenters. The third-order valence-electron chi connectivity index (χ3n) is 4.20. The van der Waals surface area contributed by atoms with Crippen LogP contribution in [-0.4, -0.2) is 18.5 Å². The highest BCUT2D eigenvalue weighted by Crippen LogP contribution is 2.27. The summed E-state index contributed by atoms with van der Waals surface area (Å²) >= 11 is 6.29. The van der Waals surface area contributed by atoms with Gasteiger partial charge in [0, 0.05) is 5.02 Å². The van der Waals surface area contributed by atoms with Crippen LogP contribution < -0.4 is 5.32 Å². The molecular weight excluding hydrogens is 350 g/mol. The Kier molecular flexibility index (Phi) is 7.67. The Morgan fingerprint density at radius 1 is 1.04 bits per heavy atom. The average molecular weight is 374 g/mol. The molecule has 0 bridgehead atoms. The van der Waals surface area contributed by atoms with Crippen molar-refractivity contribution in [3.05, 3.63) is 70.7 Å². The maximum Gasteiger partial charge on any atom is 0.308 e.